The van der Waals surface area contributed by atoms with Gasteiger partial charge in [-0.1, -0.05) is 12.1 Å². The van der Waals surface area contributed by atoms with Gasteiger partial charge >= 0.3 is 6.18 Å². The van der Waals surface area contributed by atoms with Gasteiger partial charge in [-0.25, -0.2) is 9.37 Å². The molecule has 1 aliphatic rings. The highest BCUT2D eigenvalue weighted by Crippen LogP contribution is 2.34. The number of ether oxygens (including phenoxy) is 1. The maximum absolute atomic E-state index is 15.0. The summed E-state index contributed by atoms with van der Waals surface area (Å²) < 4.78 is 61.1. The molecule has 0 aliphatic carbocycles. The van der Waals surface area contributed by atoms with Crippen molar-refractivity contribution in [3.05, 3.63) is 71.2 Å². The van der Waals surface area contributed by atoms with Gasteiger partial charge in [0.15, 0.2) is 0 Å². The number of hydrogen-bond acceptors (Lipinski definition) is 6. The van der Waals surface area contributed by atoms with E-state index in [1.54, 1.807) is 6.92 Å². The summed E-state index contributed by atoms with van der Waals surface area (Å²) in [7, 11) is 0. The Bertz CT molecular complexity index is 1410. The number of amides is 2. The quantitative estimate of drug-likeness (QED) is 0.294. The van der Waals surface area contributed by atoms with Crippen molar-refractivity contribution < 1.29 is 37.0 Å². The zero-order valence-corrected chi connectivity index (χ0v) is 22.4. The van der Waals surface area contributed by atoms with Crippen LogP contribution >= 0.6 is 0 Å². The number of nitrogens with zero attached hydrogens (tertiary/aromatic N) is 2. The number of pyridine rings is 1. The molecule has 2 aromatic carbocycles. The minimum absolute atomic E-state index is 0.00260. The van der Waals surface area contributed by atoms with Crippen molar-refractivity contribution in [3.63, 3.8) is 0 Å². The lowest BCUT2D eigenvalue weighted by Gasteiger charge is -2.16. The zero-order chi connectivity index (χ0) is 29.6. The van der Waals surface area contributed by atoms with Gasteiger partial charge in [0.2, 0.25) is 11.8 Å². The number of halogens is 4. The molecule has 0 saturated carbocycles. The van der Waals surface area contributed by atoms with Crippen LogP contribution in [0.2, 0.25) is 0 Å². The number of likely N-dealkylation sites (tertiary alicyclic amines) is 1. The first-order chi connectivity index (χ1) is 19.5. The topological polar surface area (TPSA) is 104 Å². The summed E-state index contributed by atoms with van der Waals surface area (Å²) in [5.74, 6) is -2.15. The smallest absolute Gasteiger partial charge is 0.416 e. The SMILES string of the molecule is CCOc1cc(O)ncc1-c1ccc(CC(=O)Nc2cc(C(=O)NCCN3CCCC3)cc(C(F)(F)F)c2)c(F)c1. The molecule has 3 N–H and O–H groups in total. The van der Waals surface area contributed by atoms with Crippen LogP contribution in [0.3, 0.4) is 0 Å². The molecule has 0 spiro atoms. The third-order valence-corrected chi connectivity index (χ3v) is 6.59. The zero-order valence-electron chi connectivity index (χ0n) is 22.4. The molecule has 1 aromatic heterocycles. The fourth-order valence-electron chi connectivity index (χ4n) is 4.59. The number of aromatic hydroxyl groups is 1. The van der Waals surface area contributed by atoms with E-state index in [9.17, 15) is 32.3 Å². The van der Waals surface area contributed by atoms with Crippen LogP contribution in [-0.4, -0.2) is 59.6 Å². The molecule has 0 unspecified atom stereocenters. The van der Waals surface area contributed by atoms with E-state index < -0.39 is 35.8 Å². The summed E-state index contributed by atoms with van der Waals surface area (Å²) in [6, 6.07) is 8.00. The predicted molar refractivity (Wildman–Crippen MR) is 144 cm³/mol. The number of alkyl halides is 3. The Morgan fingerprint density at radius 2 is 1.85 bits per heavy atom. The second-order valence-corrected chi connectivity index (χ2v) is 9.60. The molecule has 2 heterocycles. The highest BCUT2D eigenvalue weighted by Gasteiger charge is 2.32. The van der Waals surface area contributed by atoms with Gasteiger partial charge in [-0.2, -0.15) is 13.2 Å². The lowest BCUT2D eigenvalue weighted by atomic mass is 10.0. The first kappa shape index (κ1) is 29.8. The van der Waals surface area contributed by atoms with Gasteiger partial charge in [0.25, 0.3) is 5.91 Å². The van der Waals surface area contributed by atoms with Crippen molar-refractivity contribution >= 4 is 17.5 Å². The van der Waals surface area contributed by atoms with Crippen LogP contribution in [0.25, 0.3) is 11.1 Å². The number of benzene rings is 2. The summed E-state index contributed by atoms with van der Waals surface area (Å²) in [6.07, 6.45) is -1.75. The molecule has 0 radical (unpaired) electrons. The average Bonchev–Trinajstić information content (AvgIpc) is 3.43. The van der Waals surface area contributed by atoms with Crippen molar-refractivity contribution in [1.29, 1.82) is 0 Å². The lowest BCUT2D eigenvalue weighted by Crippen LogP contribution is -2.33. The number of aromatic nitrogens is 1. The molecule has 0 bridgehead atoms. The molecule has 12 heteroatoms. The highest BCUT2D eigenvalue weighted by atomic mass is 19.4. The van der Waals surface area contributed by atoms with Crippen molar-refractivity contribution in [2.45, 2.75) is 32.4 Å². The molecular weight excluding hydrogens is 544 g/mol. The van der Waals surface area contributed by atoms with Gasteiger partial charge in [-0.3, -0.25) is 9.59 Å². The maximum Gasteiger partial charge on any atom is 0.416 e. The number of nitrogens with one attached hydrogen (secondary N) is 2. The first-order valence-electron chi connectivity index (χ1n) is 13.2. The Morgan fingerprint density at radius 3 is 2.54 bits per heavy atom. The van der Waals surface area contributed by atoms with E-state index in [0.29, 0.717) is 30.0 Å². The van der Waals surface area contributed by atoms with Crippen LogP contribution < -0.4 is 15.4 Å². The third kappa shape index (κ3) is 7.94. The molecule has 3 aromatic rings. The highest BCUT2D eigenvalue weighted by molar-refractivity contribution is 5.98. The minimum atomic E-state index is -4.75. The number of hydrogen-bond donors (Lipinski definition) is 3. The van der Waals surface area contributed by atoms with Crippen LogP contribution in [0.5, 0.6) is 11.6 Å². The first-order valence-corrected chi connectivity index (χ1v) is 13.2. The number of carbonyl (C=O) groups excluding carboxylic acids is 2. The van der Waals surface area contributed by atoms with Gasteiger partial charge in [0.05, 0.1) is 18.6 Å². The molecule has 1 fully saturated rings. The summed E-state index contributed by atoms with van der Waals surface area (Å²) in [6.45, 7) is 4.75. The molecule has 1 aliphatic heterocycles. The van der Waals surface area contributed by atoms with E-state index >= 15 is 0 Å². The summed E-state index contributed by atoms with van der Waals surface area (Å²) in [5, 5.41) is 14.6. The van der Waals surface area contributed by atoms with Gasteiger partial charge in [0, 0.05) is 42.2 Å². The molecule has 41 heavy (non-hydrogen) atoms. The summed E-state index contributed by atoms with van der Waals surface area (Å²) in [5.41, 5.74) is -0.760. The van der Waals surface area contributed by atoms with Crippen LogP contribution in [0.1, 0.15) is 41.3 Å². The predicted octanol–water partition coefficient (Wildman–Crippen LogP) is 5.02. The second-order valence-electron chi connectivity index (χ2n) is 9.60. The van der Waals surface area contributed by atoms with Crippen LogP contribution in [0.15, 0.2) is 48.7 Å². The van der Waals surface area contributed by atoms with E-state index in [4.69, 9.17) is 4.74 Å². The second kappa shape index (κ2) is 13.0. The number of rotatable bonds is 10. The normalized spacial score (nSPS) is 13.7. The van der Waals surface area contributed by atoms with E-state index in [1.165, 1.54) is 30.5 Å². The van der Waals surface area contributed by atoms with Gasteiger partial charge in [-0.15, -0.1) is 0 Å². The van der Waals surface area contributed by atoms with Crippen LogP contribution in [0.4, 0.5) is 23.2 Å². The molecule has 8 nitrogen and oxygen atoms in total. The monoisotopic (exact) mass is 574 g/mol. The van der Waals surface area contributed by atoms with E-state index in [-0.39, 0.29) is 29.2 Å². The maximum atomic E-state index is 15.0. The standard InChI is InChI=1S/C29H30F4N4O4/c1-2-41-25-16-26(38)35-17-23(25)18-5-6-19(24(30)13-18)14-27(39)36-22-12-20(11-21(15-22)29(31,32)33)28(40)34-7-10-37-8-3-4-9-37/h5-6,11-13,15-17H,2-4,7-10,14H2,1H3,(H,34,40)(H,35,38)(H,36,39). The summed E-state index contributed by atoms with van der Waals surface area (Å²) in [4.78, 5) is 31.3. The molecule has 1 saturated heterocycles. The van der Waals surface area contributed by atoms with E-state index in [1.807, 2.05) is 0 Å². The van der Waals surface area contributed by atoms with Crippen LogP contribution in [0, 0.1) is 5.82 Å². The lowest BCUT2D eigenvalue weighted by molar-refractivity contribution is -0.137. The number of carbonyl (C=O) groups is 2. The molecule has 2 amide bonds. The Morgan fingerprint density at radius 1 is 1.10 bits per heavy atom. The Kier molecular flexibility index (Phi) is 9.43. The third-order valence-electron chi connectivity index (χ3n) is 6.59. The average molecular weight is 575 g/mol. The van der Waals surface area contributed by atoms with Crippen molar-refractivity contribution in [2.75, 3.05) is 38.1 Å². The Hall–Kier alpha value is -4.19. The van der Waals surface area contributed by atoms with Gasteiger partial charge in [0.1, 0.15) is 11.6 Å². The fourth-order valence-corrected chi connectivity index (χ4v) is 4.59. The molecule has 4 rings (SSSR count). The van der Waals surface area contributed by atoms with Gasteiger partial charge < -0.3 is 25.4 Å². The van der Waals surface area contributed by atoms with Crippen molar-refractivity contribution in [3.8, 4) is 22.8 Å². The van der Waals surface area contributed by atoms with Gasteiger partial charge in [-0.05, 0) is 68.2 Å². The molecule has 0 atom stereocenters. The Balaban J connectivity index is 1.47. The van der Waals surface area contributed by atoms with Crippen LogP contribution in [-0.2, 0) is 17.4 Å². The van der Waals surface area contributed by atoms with Crippen molar-refractivity contribution in [1.82, 2.24) is 15.2 Å². The largest absolute Gasteiger partial charge is 0.493 e. The van der Waals surface area contributed by atoms with E-state index in [0.717, 1.165) is 44.1 Å². The molecular formula is C29H30F4N4O4. The summed E-state index contributed by atoms with van der Waals surface area (Å²) >= 11 is 0. The van der Waals surface area contributed by atoms with Crippen molar-refractivity contribution in [2.24, 2.45) is 0 Å². The Labute approximate surface area is 234 Å². The van der Waals surface area contributed by atoms with E-state index in [2.05, 4.69) is 20.5 Å². The fraction of sp³-hybridized carbons (Fsp3) is 0.345. The molecule has 218 valence electrons. The minimum Gasteiger partial charge on any atom is -0.493 e. The number of anilines is 1.